The van der Waals surface area contributed by atoms with Gasteiger partial charge in [-0.05, 0) is 17.9 Å². The minimum atomic E-state index is -0.310. The molecule has 3 heteroatoms. The smallest absolute Gasteiger partial charge is 0.309 e. The molecule has 1 aromatic rings. The highest BCUT2D eigenvalue weighted by Gasteiger charge is 2.31. The van der Waals surface area contributed by atoms with E-state index in [4.69, 9.17) is 4.74 Å². The van der Waals surface area contributed by atoms with Crippen molar-refractivity contribution in [3.8, 4) is 0 Å². The quantitative estimate of drug-likeness (QED) is 0.552. The minimum absolute atomic E-state index is 0.0420. The lowest BCUT2D eigenvalue weighted by Gasteiger charge is -2.14. The number of ether oxygens (including phenoxy) is 1. The molecule has 1 aromatic carbocycles. The van der Waals surface area contributed by atoms with Crippen molar-refractivity contribution in [2.75, 3.05) is 7.11 Å². The summed E-state index contributed by atoms with van der Waals surface area (Å²) < 4.78 is 4.75. The zero-order valence-corrected chi connectivity index (χ0v) is 10.1. The van der Waals surface area contributed by atoms with Crippen molar-refractivity contribution in [1.82, 2.24) is 0 Å². The van der Waals surface area contributed by atoms with Gasteiger partial charge in [0, 0.05) is 12.0 Å². The van der Waals surface area contributed by atoms with E-state index in [1.54, 1.807) is 0 Å². The van der Waals surface area contributed by atoms with Crippen molar-refractivity contribution in [3.05, 3.63) is 35.4 Å². The van der Waals surface area contributed by atoms with Gasteiger partial charge >= 0.3 is 5.97 Å². The number of carbonyl (C=O) groups excluding carboxylic acids is 2. The van der Waals surface area contributed by atoms with Crippen LogP contribution in [0.3, 0.4) is 0 Å². The van der Waals surface area contributed by atoms with E-state index < -0.39 is 0 Å². The van der Waals surface area contributed by atoms with Crippen molar-refractivity contribution in [2.45, 2.75) is 25.7 Å². The van der Waals surface area contributed by atoms with E-state index in [0.29, 0.717) is 6.42 Å². The Hall–Kier alpha value is -1.64. The molecule has 0 spiro atoms. The Bertz CT molecular complexity index is 451. The topological polar surface area (TPSA) is 43.4 Å². The number of carbonyl (C=O) groups is 2. The van der Waals surface area contributed by atoms with Gasteiger partial charge in [0.05, 0.1) is 13.0 Å². The van der Waals surface area contributed by atoms with Gasteiger partial charge < -0.3 is 4.74 Å². The van der Waals surface area contributed by atoms with Gasteiger partial charge in [-0.15, -0.1) is 0 Å². The predicted octanol–water partition coefficient (Wildman–Crippen LogP) is 2.56. The first kappa shape index (κ1) is 11.8. The molecule has 0 aromatic heterocycles. The Balaban J connectivity index is 2.35. The Labute approximate surface area is 101 Å². The molecule has 0 heterocycles. The molecule has 0 saturated heterocycles. The van der Waals surface area contributed by atoms with Crippen molar-refractivity contribution in [2.24, 2.45) is 5.92 Å². The maximum atomic E-state index is 12.1. The molecule has 0 bridgehead atoms. The number of benzene rings is 1. The average Bonchev–Trinajstić information content (AvgIpc) is 2.48. The number of rotatable bonds is 1. The zero-order chi connectivity index (χ0) is 12.4. The summed E-state index contributed by atoms with van der Waals surface area (Å²) in [6.07, 6.45) is 0.934. The van der Waals surface area contributed by atoms with Crippen molar-refractivity contribution < 1.29 is 14.3 Å². The number of fused-ring (bicyclic) bond motifs is 1. The van der Waals surface area contributed by atoms with E-state index in [1.807, 2.05) is 31.2 Å². The SMILES string of the molecule is COC(=O)C1CC(=O)c2ccccc2C(C)C1. The Kier molecular flexibility index (Phi) is 3.27. The summed E-state index contributed by atoms with van der Waals surface area (Å²) in [6.45, 7) is 2.05. The van der Waals surface area contributed by atoms with Crippen LogP contribution in [0, 0.1) is 5.92 Å². The lowest BCUT2D eigenvalue weighted by atomic mass is 9.91. The summed E-state index contributed by atoms with van der Waals surface area (Å²) in [5.74, 6) is -0.338. The molecule has 1 aliphatic carbocycles. The number of methoxy groups -OCH3 is 1. The summed E-state index contributed by atoms with van der Waals surface area (Å²) in [5, 5.41) is 0. The molecular formula is C14H16O3. The normalized spacial score (nSPS) is 23.8. The number of hydrogen-bond acceptors (Lipinski definition) is 3. The van der Waals surface area contributed by atoms with Crippen molar-refractivity contribution >= 4 is 11.8 Å². The maximum absolute atomic E-state index is 12.1. The van der Waals surface area contributed by atoms with E-state index in [1.165, 1.54) is 7.11 Å². The van der Waals surface area contributed by atoms with E-state index in [2.05, 4.69) is 0 Å². The second-order valence-corrected chi connectivity index (χ2v) is 4.57. The Morgan fingerprint density at radius 3 is 2.76 bits per heavy atom. The summed E-state index contributed by atoms with van der Waals surface area (Å²) in [4.78, 5) is 23.7. The summed E-state index contributed by atoms with van der Waals surface area (Å²) in [5.41, 5.74) is 1.80. The molecule has 0 N–H and O–H groups in total. The number of esters is 1. The summed E-state index contributed by atoms with van der Waals surface area (Å²) in [6, 6.07) is 7.61. The molecule has 2 unspecified atom stereocenters. The number of Topliss-reactive ketones (excluding diaryl/α,β-unsaturated/α-hetero) is 1. The first-order valence-corrected chi connectivity index (χ1v) is 5.83. The lowest BCUT2D eigenvalue weighted by Crippen LogP contribution is -2.19. The molecule has 0 aliphatic heterocycles. The molecule has 90 valence electrons. The van der Waals surface area contributed by atoms with Crippen LogP contribution in [0.2, 0.25) is 0 Å². The summed E-state index contributed by atoms with van der Waals surface area (Å²) in [7, 11) is 1.37. The van der Waals surface area contributed by atoms with Gasteiger partial charge in [0.15, 0.2) is 5.78 Å². The highest BCUT2D eigenvalue weighted by atomic mass is 16.5. The third-order valence-electron chi connectivity index (χ3n) is 3.40. The molecule has 0 fully saturated rings. The lowest BCUT2D eigenvalue weighted by molar-refractivity contribution is -0.145. The highest BCUT2D eigenvalue weighted by Crippen LogP contribution is 2.33. The standard InChI is InChI=1S/C14H16O3/c1-9-7-10(14(16)17-2)8-13(15)12-6-4-3-5-11(9)12/h3-6,9-10H,7-8H2,1-2H3. The molecule has 0 radical (unpaired) electrons. The van der Waals surface area contributed by atoms with Crippen LogP contribution >= 0.6 is 0 Å². The monoisotopic (exact) mass is 232 g/mol. The molecule has 2 rings (SSSR count). The Morgan fingerprint density at radius 1 is 1.35 bits per heavy atom. The third-order valence-corrected chi connectivity index (χ3v) is 3.40. The second-order valence-electron chi connectivity index (χ2n) is 4.57. The van der Waals surface area contributed by atoms with Crippen LogP contribution in [-0.4, -0.2) is 18.9 Å². The van der Waals surface area contributed by atoms with E-state index in [-0.39, 0.29) is 30.0 Å². The van der Waals surface area contributed by atoms with Crippen molar-refractivity contribution in [1.29, 1.82) is 0 Å². The number of ketones is 1. The fourth-order valence-electron chi connectivity index (χ4n) is 2.50. The fraction of sp³-hybridized carbons (Fsp3) is 0.429. The van der Waals surface area contributed by atoms with Crippen LogP contribution < -0.4 is 0 Å². The van der Waals surface area contributed by atoms with E-state index in [0.717, 1.165) is 11.1 Å². The average molecular weight is 232 g/mol. The molecule has 3 nitrogen and oxygen atoms in total. The first-order chi connectivity index (χ1) is 8.13. The molecule has 0 saturated carbocycles. The van der Waals surface area contributed by atoms with E-state index >= 15 is 0 Å². The molecular weight excluding hydrogens is 216 g/mol. The van der Waals surface area contributed by atoms with Crippen LogP contribution in [-0.2, 0) is 9.53 Å². The minimum Gasteiger partial charge on any atom is -0.469 e. The van der Waals surface area contributed by atoms with Gasteiger partial charge in [0.25, 0.3) is 0 Å². The predicted molar refractivity (Wildman–Crippen MR) is 63.9 cm³/mol. The first-order valence-electron chi connectivity index (χ1n) is 5.83. The van der Waals surface area contributed by atoms with Gasteiger partial charge in [-0.25, -0.2) is 0 Å². The van der Waals surface area contributed by atoms with Crippen LogP contribution in [0.1, 0.15) is 41.6 Å². The second kappa shape index (κ2) is 4.70. The van der Waals surface area contributed by atoms with Gasteiger partial charge in [0.1, 0.15) is 0 Å². The fourth-order valence-corrected chi connectivity index (χ4v) is 2.50. The van der Waals surface area contributed by atoms with Gasteiger partial charge in [-0.2, -0.15) is 0 Å². The molecule has 0 amide bonds. The van der Waals surface area contributed by atoms with Crippen LogP contribution in [0.4, 0.5) is 0 Å². The van der Waals surface area contributed by atoms with Crippen LogP contribution in [0.15, 0.2) is 24.3 Å². The van der Waals surface area contributed by atoms with E-state index in [9.17, 15) is 9.59 Å². The van der Waals surface area contributed by atoms with Gasteiger partial charge in [0.2, 0.25) is 0 Å². The van der Waals surface area contributed by atoms with Crippen LogP contribution in [0.5, 0.6) is 0 Å². The zero-order valence-electron chi connectivity index (χ0n) is 10.1. The summed E-state index contributed by atoms with van der Waals surface area (Å²) >= 11 is 0. The van der Waals surface area contributed by atoms with Crippen LogP contribution in [0.25, 0.3) is 0 Å². The molecule has 1 aliphatic rings. The van der Waals surface area contributed by atoms with Gasteiger partial charge in [-0.3, -0.25) is 9.59 Å². The highest BCUT2D eigenvalue weighted by molar-refractivity contribution is 6.00. The molecule has 2 atom stereocenters. The number of hydrogen-bond donors (Lipinski definition) is 0. The maximum Gasteiger partial charge on any atom is 0.309 e. The van der Waals surface area contributed by atoms with Crippen molar-refractivity contribution in [3.63, 3.8) is 0 Å². The Morgan fingerprint density at radius 2 is 2.06 bits per heavy atom. The van der Waals surface area contributed by atoms with Gasteiger partial charge in [-0.1, -0.05) is 31.2 Å². The largest absolute Gasteiger partial charge is 0.469 e. The third kappa shape index (κ3) is 2.23. The molecule has 17 heavy (non-hydrogen) atoms.